The maximum absolute atomic E-state index is 12.3. The van der Waals surface area contributed by atoms with E-state index in [1.807, 2.05) is 73.3 Å². The van der Waals surface area contributed by atoms with Gasteiger partial charge in [-0.05, 0) is 43.7 Å². The van der Waals surface area contributed by atoms with Gasteiger partial charge in [-0.2, -0.15) is 0 Å². The molecule has 2 rings (SSSR count). The number of rotatable bonds is 8. The predicted molar refractivity (Wildman–Crippen MR) is 102 cm³/mol. The Kier molecular flexibility index (Phi) is 7.16. The van der Waals surface area contributed by atoms with Crippen LogP contribution in [0.4, 0.5) is 11.4 Å². The molecule has 0 saturated heterocycles. The molecule has 0 aliphatic rings. The van der Waals surface area contributed by atoms with Crippen LogP contribution in [0.25, 0.3) is 0 Å². The second kappa shape index (κ2) is 9.59. The standard InChI is InChI=1S/C20H25N3O2/c1-3-13-23(14-19(24)21-17-10-5-4-6-11-17)15-20(25)22-18-12-8-7-9-16(18)2/h4-12H,3,13-15H2,1-2H3,(H,21,24)(H,22,25). The molecule has 5 heteroatoms. The Morgan fingerprint density at radius 1 is 0.880 bits per heavy atom. The number of hydrogen-bond acceptors (Lipinski definition) is 3. The lowest BCUT2D eigenvalue weighted by Gasteiger charge is -2.21. The number of nitrogens with zero attached hydrogens (tertiary/aromatic N) is 1. The Balaban J connectivity index is 1.90. The summed E-state index contributed by atoms with van der Waals surface area (Å²) in [6.45, 7) is 5.03. The van der Waals surface area contributed by atoms with E-state index in [0.717, 1.165) is 23.4 Å². The van der Waals surface area contributed by atoms with Gasteiger partial charge >= 0.3 is 0 Å². The van der Waals surface area contributed by atoms with Crippen molar-refractivity contribution in [3.05, 3.63) is 60.2 Å². The third-order valence-corrected chi connectivity index (χ3v) is 3.75. The first-order chi connectivity index (χ1) is 12.1. The fourth-order valence-electron chi connectivity index (χ4n) is 2.56. The number of carbonyl (C=O) groups is 2. The highest BCUT2D eigenvalue weighted by Gasteiger charge is 2.14. The number of nitrogens with one attached hydrogen (secondary N) is 2. The van der Waals surface area contributed by atoms with Crippen molar-refractivity contribution in [2.45, 2.75) is 20.3 Å². The number of aryl methyl sites for hydroxylation is 1. The van der Waals surface area contributed by atoms with Gasteiger partial charge in [0.25, 0.3) is 0 Å². The molecule has 2 N–H and O–H groups in total. The molecule has 0 fully saturated rings. The molecule has 2 aromatic carbocycles. The Bertz CT molecular complexity index is 701. The van der Waals surface area contributed by atoms with Gasteiger partial charge in [0.1, 0.15) is 0 Å². The molecule has 132 valence electrons. The lowest BCUT2D eigenvalue weighted by molar-refractivity contribution is -0.120. The van der Waals surface area contributed by atoms with Crippen LogP contribution in [0.3, 0.4) is 0 Å². The van der Waals surface area contributed by atoms with Gasteiger partial charge in [-0.3, -0.25) is 14.5 Å². The molecule has 0 radical (unpaired) electrons. The zero-order chi connectivity index (χ0) is 18.1. The van der Waals surface area contributed by atoms with E-state index in [4.69, 9.17) is 0 Å². The zero-order valence-electron chi connectivity index (χ0n) is 14.8. The monoisotopic (exact) mass is 339 g/mol. The van der Waals surface area contributed by atoms with Crippen LogP contribution in [-0.2, 0) is 9.59 Å². The van der Waals surface area contributed by atoms with Crippen LogP contribution < -0.4 is 10.6 Å². The number of anilines is 2. The van der Waals surface area contributed by atoms with Gasteiger partial charge in [0.15, 0.2) is 0 Å². The van der Waals surface area contributed by atoms with E-state index in [2.05, 4.69) is 10.6 Å². The van der Waals surface area contributed by atoms with Crippen LogP contribution in [-0.4, -0.2) is 36.3 Å². The highest BCUT2D eigenvalue weighted by molar-refractivity contribution is 5.95. The molecule has 0 saturated carbocycles. The minimum atomic E-state index is -0.122. The molecule has 0 unspecified atom stereocenters. The fourth-order valence-corrected chi connectivity index (χ4v) is 2.56. The second-order valence-corrected chi connectivity index (χ2v) is 5.99. The molecule has 25 heavy (non-hydrogen) atoms. The van der Waals surface area contributed by atoms with E-state index in [1.54, 1.807) is 0 Å². The molecule has 0 aliphatic heterocycles. The quantitative estimate of drug-likeness (QED) is 0.776. The number of hydrogen-bond donors (Lipinski definition) is 2. The molecule has 0 spiro atoms. The van der Waals surface area contributed by atoms with Crippen LogP contribution in [0, 0.1) is 6.92 Å². The van der Waals surface area contributed by atoms with E-state index in [-0.39, 0.29) is 24.9 Å². The maximum atomic E-state index is 12.3. The van der Waals surface area contributed by atoms with E-state index in [9.17, 15) is 9.59 Å². The summed E-state index contributed by atoms with van der Waals surface area (Å²) in [5.74, 6) is -0.237. The summed E-state index contributed by atoms with van der Waals surface area (Å²) in [6, 6.07) is 17.0. The predicted octanol–water partition coefficient (Wildman–Crippen LogP) is 3.28. The average molecular weight is 339 g/mol. The lowest BCUT2D eigenvalue weighted by atomic mass is 10.2. The minimum absolute atomic E-state index is 0.115. The van der Waals surface area contributed by atoms with Crippen molar-refractivity contribution in [1.29, 1.82) is 0 Å². The normalized spacial score (nSPS) is 10.5. The van der Waals surface area contributed by atoms with E-state index >= 15 is 0 Å². The molecule has 0 aliphatic carbocycles. The molecule has 0 bridgehead atoms. The number of amides is 2. The Morgan fingerprint density at radius 2 is 1.48 bits per heavy atom. The van der Waals surface area contributed by atoms with Crippen molar-refractivity contribution in [2.24, 2.45) is 0 Å². The molecule has 2 amide bonds. The summed E-state index contributed by atoms with van der Waals surface area (Å²) < 4.78 is 0. The minimum Gasteiger partial charge on any atom is -0.325 e. The first kappa shape index (κ1) is 18.7. The molecule has 0 atom stereocenters. The summed E-state index contributed by atoms with van der Waals surface area (Å²) in [5, 5.41) is 5.76. The number of benzene rings is 2. The van der Waals surface area contributed by atoms with E-state index < -0.39 is 0 Å². The highest BCUT2D eigenvalue weighted by Crippen LogP contribution is 2.13. The first-order valence-electron chi connectivity index (χ1n) is 8.51. The molecule has 0 heterocycles. The van der Waals surface area contributed by atoms with Gasteiger partial charge in [-0.25, -0.2) is 0 Å². The SMILES string of the molecule is CCCN(CC(=O)Nc1ccccc1)CC(=O)Nc1ccccc1C. The summed E-state index contributed by atoms with van der Waals surface area (Å²) in [6.07, 6.45) is 0.871. The Morgan fingerprint density at radius 3 is 2.12 bits per heavy atom. The fraction of sp³-hybridized carbons (Fsp3) is 0.300. The summed E-state index contributed by atoms with van der Waals surface area (Å²) in [4.78, 5) is 26.4. The topological polar surface area (TPSA) is 61.4 Å². The number of carbonyl (C=O) groups excluding carboxylic acids is 2. The third-order valence-electron chi connectivity index (χ3n) is 3.75. The van der Waals surface area contributed by atoms with Gasteiger partial charge < -0.3 is 10.6 Å². The lowest BCUT2D eigenvalue weighted by Crippen LogP contribution is -2.39. The van der Waals surface area contributed by atoms with E-state index in [1.165, 1.54) is 0 Å². The van der Waals surface area contributed by atoms with E-state index in [0.29, 0.717) is 6.54 Å². The average Bonchev–Trinajstić information content (AvgIpc) is 2.58. The van der Waals surface area contributed by atoms with Crippen LogP contribution >= 0.6 is 0 Å². The van der Waals surface area contributed by atoms with Gasteiger partial charge in [0.05, 0.1) is 13.1 Å². The maximum Gasteiger partial charge on any atom is 0.238 e. The number of para-hydroxylation sites is 2. The van der Waals surface area contributed by atoms with Crippen LogP contribution in [0.15, 0.2) is 54.6 Å². The summed E-state index contributed by atoms with van der Waals surface area (Å²) in [5.41, 5.74) is 2.57. The van der Waals surface area contributed by atoms with Crippen molar-refractivity contribution in [3.8, 4) is 0 Å². The van der Waals surface area contributed by atoms with Gasteiger partial charge in [-0.1, -0.05) is 43.3 Å². The van der Waals surface area contributed by atoms with Crippen LogP contribution in [0.5, 0.6) is 0 Å². The van der Waals surface area contributed by atoms with Gasteiger partial charge in [-0.15, -0.1) is 0 Å². The highest BCUT2D eigenvalue weighted by atomic mass is 16.2. The van der Waals surface area contributed by atoms with Crippen molar-refractivity contribution in [3.63, 3.8) is 0 Å². The molecule has 5 nitrogen and oxygen atoms in total. The van der Waals surface area contributed by atoms with Crippen molar-refractivity contribution in [2.75, 3.05) is 30.3 Å². The van der Waals surface area contributed by atoms with Crippen molar-refractivity contribution >= 4 is 23.2 Å². The third kappa shape index (κ3) is 6.39. The summed E-state index contributed by atoms with van der Waals surface area (Å²) >= 11 is 0. The molecular formula is C20H25N3O2. The largest absolute Gasteiger partial charge is 0.325 e. The van der Waals surface area contributed by atoms with Crippen molar-refractivity contribution in [1.82, 2.24) is 4.90 Å². The van der Waals surface area contributed by atoms with Crippen molar-refractivity contribution < 1.29 is 9.59 Å². The molecule has 0 aromatic heterocycles. The van der Waals surface area contributed by atoms with Crippen LogP contribution in [0.1, 0.15) is 18.9 Å². The zero-order valence-corrected chi connectivity index (χ0v) is 14.8. The first-order valence-corrected chi connectivity index (χ1v) is 8.51. The Labute approximate surface area is 149 Å². The molecule has 2 aromatic rings. The second-order valence-electron chi connectivity index (χ2n) is 5.99. The smallest absolute Gasteiger partial charge is 0.238 e. The van der Waals surface area contributed by atoms with Gasteiger partial charge in [0, 0.05) is 11.4 Å². The molecular weight excluding hydrogens is 314 g/mol. The van der Waals surface area contributed by atoms with Crippen LogP contribution in [0.2, 0.25) is 0 Å². The Hall–Kier alpha value is -2.66. The van der Waals surface area contributed by atoms with Gasteiger partial charge in [0.2, 0.25) is 11.8 Å². The summed E-state index contributed by atoms with van der Waals surface area (Å²) in [7, 11) is 0.